The zero-order valence-electron chi connectivity index (χ0n) is 8.73. The van der Waals surface area contributed by atoms with Crippen LogP contribution in [0.25, 0.3) is 0 Å². The van der Waals surface area contributed by atoms with E-state index in [1.165, 1.54) is 6.20 Å². The molecule has 0 aromatic carbocycles. The lowest BCUT2D eigenvalue weighted by Crippen LogP contribution is -2.18. The van der Waals surface area contributed by atoms with E-state index in [4.69, 9.17) is 11.0 Å². The van der Waals surface area contributed by atoms with E-state index in [0.717, 1.165) is 0 Å². The summed E-state index contributed by atoms with van der Waals surface area (Å²) < 4.78 is 0. The van der Waals surface area contributed by atoms with Gasteiger partial charge in [0.1, 0.15) is 0 Å². The number of nitrogens with two attached hydrogens (primary N) is 1. The van der Waals surface area contributed by atoms with Crippen molar-refractivity contribution < 1.29 is 0 Å². The van der Waals surface area contributed by atoms with Gasteiger partial charge in [-0.25, -0.2) is 0 Å². The molecule has 0 amide bonds. The number of anilines is 1. The number of nitriles is 1. The Morgan fingerprint density at radius 1 is 1.71 bits per heavy atom. The predicted octanol–water partition coefficient (Wildman–Crippen LogP) is 1.36. The van der Waals surface area contributed by atoms with E-state index < -0.39 is 0 Å². The number of nitrogen functional groups attached to an aromatic ring is 1. The number of rotatable bonds is 3. The smallest absolute Gasteiger partial charge is 0.165 e. The molecule has 76 valence electrons. The Morgan fingerprint density at radius 2 is 2.36 bits per heavy atom. The molecule has 2 N–H and O–H groups in total. The standard InChI is InChI=1S/C9H15N5/c1-7(4-9(2,3)6-10)14-12-5-8(11)13-14/h5,7H,4H2,1-3H3,(H2,11,13). The SMILES string of the molecule is CC(CC(C)(C)C#N)n1ncc(N)n1. The number of aromatic nitrogens is 3. The van der Waals surface area contributed by atoms with Crippen LogP contribution in [-0.2, 0) is 0 Å². The van der Waals surface area contributed by atoms with Gasteiger partial charge in [0.15, 0.2) is 5.82 Å². The minimum Gasteiger partial charge on any atom is -0.381 e. The van der Waals surface area contributed by atoms with Crippen LogP contribution in [0, 0.1) is 16.7 Å². The first-order valence-corrected chi connectivity index (χ1v) is 4.53. The molecule has 5 heteroatoms. The Morgan fingerprint density at radius 3 is 2.79 bits per heavy atom. The molecule has 1 aromatic rings. The van der Waals surface area contributed by atoms with Crippen molar-refractivity contribution in [1.82, 2.24) is 15.0 Å². The third-order valence-electron chi connectivity index (χ3n) is 2.03. The van der Waals surface area contributed by atoms with Crippen LogP contribution in [0.15, 0.2) is 6.20 Å². The fourth-order valence-corrected chi connectivity index (χ4v) is 1.37. The van der Waals surface area contributed by atoms with Crippen LogP contribution in [0.5, 0.6) is 0 Å². The average molecular weight is 193 g/mol. The van der Waals surface area contributed by atoms with Gasteiger partial charge >= 0.3 is 0 Å². The summed E-state index contributed by atoms with van der Waals surface area (Å²) in [5, 5.41) is 16.9. The van der Waals surface area contributed by atoms with E-state index in [1.807, 2.05) is 20.8 Å². The van der Waals surface area contributed by atoms with Gasteiger partial charge in [-0.2, -0.15) is 15.2 Å². The van der Waals surface area contributed by atoms with Gasteiger partial charge in [-0.05, 0) is 27.2 Å². The van der Waals surface area contributed by atoms with E-state index in [9.17, 15) is 0 Å². The molecule has 0 saturated heterocycles. The number of hydrogen-bond donors (Lipinski definition) is 1. The summed E-state index contributed by atoms with van der Waals surface area (Å²) in [4.78, 5) is 1.55. The molecule has 0 aliphatic rings. The van der Waals surface area contributed by atoms with Gasteiger partial charge in [-0.15, -0.1) is 5.10 Å². The highest BCUT2D eigenvalue weighted by atomic mass is 15.5. The van der Waals surface area contributed by atoms with Gasteiger partial charge in [-0.1, -0.05) is 0 Å². The summed E-state index contributed by atoms with van der Waals surface area (Å²) in [7, 11) is 0. The summed E-state index contributed by atoms with van der Waals surface area (Å²) in [6.45, 7) is 5.77. The summed E-state index contributed by atoms with van der Waals surface area (Å²) in [6, 6.07) is 2.33. The predicted molar refractivity (Wildman–Crippen MR) is 53.2 cm³/mol. The Bertz CT molecular complexity index is 346. The molecule has 0 radical (unpaired) electrons. The minimum absolute atomic E-state index is 0.0851. The van der Waals surface area contributed by atoms with Crippen LogP contribution < -0.4 is 5.73 Å². The lowest BCUT2D eigenvalue weighted by molar-refractivity contribution is 0.313. The summed E-state index contributed by atoms with van der Waals surface area (Å²) >= 11 is 0. The third-order valence-corrected chi connectivity index (χ3v) is 2.03. The van der Waals surface area contributed by atoms with Gasteiger partial charge < -0.3 is 5.73 Å². The van der Waals surface area contributed by atoms with Crippen LogP contribution in [0.1, 0.15) is 33.2 Å². The van der Waals surface area contributed by atoms with Crippen LogP contribution >= 0.6 is 0 Å². The highest BCUT2D eigenvalue weighted by Gasteiger charge is 2.22. The van der Waals surface area contributed by atoms with Crippen molar-refractivity contribution in [2.45, 2.75) is 33.2 Å². The molecule has 14 heavy (non-hydrogen) atoms. The third kappa shape index (κ3) is 2.46. The van der Waals surface area contributed by atoms with Crippen LogP contribution in [0.4, 0.5) is 5.82 Å². The molecule has 0 spiro atoms. The van der Waals surface area contributed by atoms with Gasteiger partial charge in [0.25, 0.3) is 0 Å². The lowest BCUT2D eigenvalue weighted by atomic mass is 9.88. The van der Waals surface area contributed by atoms with Crippen molar-refractivity contribution in [3.05, 3.63) is 6.20 Å². The van der Waals surface area contributed by atoms with E-state index in [2.05, 4.69) is 16.3 Å². The minimum atomic E-state index is -0.359. The molecule has 0 aliphatic carbocycles. The van der Waals surface area contributed by atoms with Crippen molar-refractivity contribution in [3.63, 3.8) is 0 Å². The second-order valence-corrected chi connectivity index (χ2v) is 4.14. The molecular weight excluding hydrogens is 178 g/mol. The lowest BCUT2D eigenvalue weighted by Gasteiger charge is -2.19. The number of hydrogen-bond acceptors (Lipinski definition) is 4. The molecule has 1 rings (SSSR count). The molecule has 1 unspecified atom stereocenters. The van der Waals surface area contributed by atoms with Crippen molar-refractivity contribution in [3.8, 4) is 6.07 Å². The maximum atomic E-state index is 8.87. The maximum Gasteiger partial charge on any atom is 0.165 e. The van der Waals surface area contributed by atoms with Gasteiger partial charge in [0, 0.05) is 0 Å². The van der Waals surface area contributed by atoms with Crippen LogP contribution in [-0.4, -0.2) is 15.0 Å². The molecule has 1 atom stereocenters. The summed E-state index contributed by atoms with van der Waals surface area (Å²) in [5.41, 5.74) is 5.09. The molecular formula is C9H15N5. The second kappa shape index (κ2) is 3.66. The molecule has 0 saturated carbocycles. The zero-order valence-corrected chi connectivity index (χ0v) is 8.73. The van der Waals surface area contributed by atoms with Crippen molar-refractivity contribution in [1.29, 1.82) is 5.26 Å². The second-order valence-electron chi connectivity index (χ2n) is 4.14. The fraction of sp³-hybridized carbons (Fsp3) is 0.667. The Hall–Kier alpha value is -1.57. The van der Waals surface area contributed by atoms with Crippen LogP contribution in [0.3, 0.4) is 0 Å². The van der Waals surface area contributed by atoms with E-state index in [1.54, 1.807) is 4.80 Å². The first-order chi connectivity index (χ1) is 6.44. The largest absolute Gasteiger partial charge is 0.381 e. The maximum absolute atomic E-state index is 8.87. The molecule has 0 fully saturated rings. The molecule has 1 heterocycles. The summed E-state index contributed by atoms with van der Waals surface area (Å²) in [6.07, 6.45) is 2.22. The monoisotopic (exact) mass is 193 g/mol. The van der Waals surface area contributed by atoms with Gasteiger partial charge in [0.05, 0.1) is 23.7 Å². The van der Waals surface area contributed by atoms with Crippen LogP contribution in [0.2, 0.25) is 0 Å². The highest BCUT2D eigenvalue weighted by molar-refractivity contribution is 5.19. The molecule has 1 aromatic heterocycles. The Balaban J connectivity index is 2.69. The normalized spacial score (nSPS) is 13.6. The molecule has 5 nitrogen and oxygen atoms in total. The molecule has 0 bridgehead atoms. The summed E-state index contributed by atoms with van der Waals surface area (Å²) in [5.74, 6) is 0.409. The first-order valence-electron chi connectivity index (χ1n) is 4.53. The van der Waals surface area contributed by atoms with E-state index in [-0.39, 0.29) is 11.5 Å². The topological polar surface area (TPSA) is 80.5 Å². The Labute approximate surface area is 83.5 Å². The fourth-order valence-electron chi connectivity index (χ4n) is 1.37. The average Bonchev–Trinajstić information content (AvgIpc) is 2.51. The molecule has 0 aliphatic heterocycles. The Kier molecular flexibility index (Phi) is 2.75. The van der Waals surface area contributed by atoms with Crippen molar-refractivity contribution in [2.24, 2.45) is 5.41 Å². The van der Waals surface area contributed by atoms with Gasteiger partial charge in [-0.3, -0.25) is 0 Å². The van der Waals surface area contributed by atoms with E-state index >= 15 is 0 Å². The van der Waals surface area contributed by atoms with Crippen molar-refractivity contribution in [2.75, 3.05) is 5.73 Å². The van der Waals surface area contributed by atoms with Gasteiger partial charge in [0.2, 0.25) is 0 Å². The quantitative estimate of drug-likeness (QED) is 0.785. The zero-order chi connectivity index (χ0) is 10.8. The number of nitrogens with zero attached hydrogens (tertiary/aromatic N) is 4. The first kappa shape index (κ1) is 10.5. The van der Waals surface area contributed by atoms with E-state index in [0.29, 0.717) is 12.2 Å². The highest BCUT2D eigenvalue weighted by Crippen LogP contribution is 2.26. The van der Waals surface area contributed by atoms with Crippen molar-refractivity contribution >= 4 is 5.82 Å².